The van der Waals surface area contributed by atoms with Crippen LogP contribution in [-0.2, 0) is 0 Å². The molecular weight excluding hydrogens is 688 g/mol. The van der Waals surface area contributed by atoms with E-state index in [9.17, 15) is 76.6 Å². The zero-order chi connectivity index (χ0) is 37.4. The highest BCUT2D eigenvalue weighted by atomic mass is 16.4. The summed E-state index contributed by atoms with van der Waals surface area (Å²) in [6.07, 6.45) is 0. The Hall–Kier alpha value is -7.88. The van der Waals surface area contributed by atoms with Crippen molar-refractivity contribution in [2.45, 2.75) is 0 Å². The van der Waals surface area contributed by atoms with Crippen molar-refractivity contribution in [2.75, 3.05) is 0 Å². The first-order chi connectivity index (χ1) is 24.6. The quantitative estimate of drug-likeness (QED) is 0.0558. The van der Waals surface area contributed by atoms with Gasteiger partial charge in [-0.2, -0.15) is 0 Å². The third kappa shape index (κ3) is 3.63. The summed E-state index contributed by atoms with van der Waals surface area (Å²) in [4.78, 5) is 0. The van der Waals surface area contributed by atoms with E-state index in [4.69, 9.17) is 4.42 Å². The molecule has 0 amide bonds. The summed E-state index contributed by atoms with van der Waals surface area (Å²) in [5.74, 6) is -20.4. The fourth-order valence-corrected chi connectivity index (χ4v) is 6.92. The molecule has 16 nitrogen and oxygen atoms in total. The van der Waals surface area contributed by atoms with Crippen LogP contribution in [0.3, 0.4) is 0 Å². The third-order valence-electron chi connectivity index (χ3n) is 9.28. The van der Waals surface area contributed by atoms with Gasteiger partial charge in [0.15, 0.2) is 46.0 Å². The lowest BCUT2D eigenvalue weighted by molar-refractivity contribution is 0.347. The maximum Gasteiger partial charge on any atom is 0.205 e. The highest BCUT2D eigenvalue weighted by Gasteiger charge is 2.37. The number of benzene rings is 7. The summed E-state index contributed by atoms with van der Waals surface area (Å²) in [7, 11) is 0. The van der Waals surface area contributed by atoms with Crippen LogP contribution in [0.1, 0.15) is 0 Å². The van der Waals surface area contributed by atoms with E-state index in [-0.39, 0.29) is 5.56 Å². The minimum atomic E-state index is -1.47. The first kappa shape index (κ1) is 31.4. The predicted octanol–water partition coefficient (Wildman–Crippen LogP) is 5.96. The fourth-order valence-electron chi connectivity index (χ4n) is 6.92. The minimum absolute atomic E-state index is 0.00544. The molecule has 0 aliphatic rings. The molecule has 0 aliphatic carbocycles. The second-order valence-corrected chi connectivity index (χ2v) is 11.9. The molecule has 15 N–H and O–H groups in total. The van der Waals surface area contributed by atoms with Gasteiger partial charge in [0.05, 0.1) is 5.39 Å². The fraction of sp³-hybridized carbons (Fsp3) is 0. The van der Waals surface area contributed by atoms with Gasteiger partial charge in [0, 0.05) is 54.4 Å². The number of phenols is 15. The Morgan fingerprint density at radius 3 is 1.13 bits per heavy atom. The lowest BCUT2D eigenvalue weighted by atomic mass is 9.81. The van der Waals surface area contributed by atoms with Gasteiger partial charge in [-0.05, 0) is 23.8 Å². The SMILES string of the molecule is Oc1c(O)c(O)c2c(-c3c4c(O)c(O)c(O)c(O)c4c(-c4ccc5oc6ccccc6c5c4)c4c(O)c(O)c(O)c(O)c34)c(O)c(O)c(O)c2c1O. The molecule has 7 aromatic carbocycles. The van der Waals surface area contributed by atoms with Gasteiger partial charge < -0.3 is 81.0 Å². The molecule has 0 radical (unpaired) electrons. The largest absolute Gasteiger partial charge is 0.504 e. The van der Waals surface area contributed by atoms with E-state index in [2.05, 4.69) is 0 Å². The van der Waals surface area contributed by atoms with Crippen LogP contribution >= 0.6 is 0 Å². The number of phenolic OH excluding ortho intramolecular Hbond substituents is 15. The molecule has 1 heterocycles. The molecule has 52 heavy (non-hydrogen) atoms. The van der Waals surface area contributed by atoms with Crippen LogP contribution in [0.4, 0.5) is 0 Å². The Balaban J connectivity index is 1.75. The molecule has 0 aliphatic heterocycles. The molecule has 0 spiro atoms. The van der Waals surface area contributed by atoms with Gasteiger partial charge in [-0.15, -0.1) is 0 Å². The van der Waals surface area contributed by atoms with Crippen molar-refractivity contribution in [1.29, 1.82) is 0 Å². The monoisotopic (exact) mass is 710 g/mol. The highest BCUT2D eigenvalue weighted by molar-refractivity contribution is 6.32. The van der Waals surface area contributed by atoms with E-state index in [1.807, 2.05) is 0 Å². The Morgan fingerprint density at radius 2 is 0.654 bits per heavy atom. The number of aromatic hydroxyl groups is 15. The normalized spacial score (nSPS) is 11.8. The van der Waals surface area contributed by atoms with Crippen LogP contribution in [0, 0.1) is 0 Å². The van der Waals surface area contributed by atoms with Crippen LogP contribution < -0.4 is 0 Å². The first-order valence-corrected chi connectivity index (χ1v) is 14.8. The Bertz CT molecular complexity index is 2870. The number of para-hydroxylation sites is 1. The predicted molar refractivity (Wildman–Crippen MR) is 182 cm³/mol. The average Bonchev–Trinajstić information content (AvgIpc) is 3.51. The smallest absolute Gasteiger partial charge is 0.205 e. The van der Waals surface area contributed by atoms with E-state index in [1.165, 1.54) is 18.2 Å². The van der Waals surface area contributed by atoms with Gasteiger partial charge in [0.25, 0.3) is 0 Å². The van der Waals surface area contributed by atoms with Crippen molar-refractivity contribution >= 4 is 54.3 Å². The molecule has 0 saturated heterocycles. The maximum absolute atomic E-state index is 11.5. The number of rotatable bonds is 2. The molecule has 8 rings (SSSR count). The van der Waals surface area contributed by atoms with E-state index in [1.54, 1.807) is 24.3 Å². The van der Waals surface area contributed by atoms with Crippen molar-refractivity contribution < 1.29 is 81.0 Å². The zero-order valence-electron chi connectivity index (χ0n) is 25.7. The van der Waals surface area contributed by atoms with Crippen molar-refractivity contribution in [3.8, 4) is 108 Å². The topological polar surface area (TPSA) is 317 Å². The second kappa shape index (κ2) is 10.1. The van der Waals surface area contributed by atoms with Gasteiger partial charge in [-0.3, -0.25) is 0 Å². The van der Waals surface area contributed by atoms with E-state index in [0.717, 1.165) is 0 Å². The second-order valence-electron chi connectivity index (χ2n) is 11.9. The Labute approximate surface area is 286 Å². The molecule has 0 saturated carbocycles. The van der Waals surface area contributed by atoms with Crippen molar-refractivity contribution in [1.82, 2.24) is 0 Å². The van der Waals surface area contributed by atoms with E-state index in [0.29, 0.717) is 21.9 Å². The summed E-state index contributed by atoms with van der Waals surface area (Å²) >= 11 is 0. The molecule has 1 aromatic heterocycles. The number of furan rings is 1. The van der Waals surface area contributed by atoms with Crippen LogP contribution in [-0.4, -0.2) is 76.6 Å². The molecule has 0 fully saturated rings. The van der Waals surface area contributed by atoms with Crippen molar-refractivity contribution in [3.63, 3.8) is 0 Å². The first-order valence-electron chi connectivity index (χ1n) is 14.8. The zero-order valence-corrected chi connectivity index (χ0v) is 25.7. The Morgan fingerprint density at radius 1 is 0.288 bits per heavy atom. The van der Waals surface area contributed by atoms with E-state index >= 15 is 0 Å². The molecule has 8 aromatic rings. The highest BCUT2D eigenvalue weighted by Crippen LogP contribution is 2.66. The van der Waals surface area contributed by atoms with Gasteiger partial charge in [-0.25, -0.2) is 0 Å². The van der Waals surface area contributed by atoms with Gasteiger partial charge in [0.1, 0.15) is 11.2 Å². The average molecular weight is 711 g/mol. The summed E-state index contributed by atoms with van der Waals surface area (Å²) in [6, 6.07) is 11.1. The number of hydrogen-bond donors (Lipinski definition) is 15. The molecule has 0 unspecified atom stereocenters. The minimum Gasteiger partial charge on any atom is -0.504 e. The maximum atomic E-state index is 11.5. The molecular formula is C36H22O16. The third-order valence-corrected chi connectivity index (χ3v) is 9.28. The summed E-state index contributed by atoms with van der Waals surface area (Å²) in [5.41, 5.74) is -1.59. The molecule has 16 heteroatoms. The summed E-state index contributed by atoms with van der Waals surface area (Å²) in [6.45, 7) is 0. The van der Waals surface area contributed by atoms with Crippen LogP contribution in [0.15, 0.2) is 46.9 Å². The van der Waals surface area contributed by atoms with Gasteiger partial charge in [-0.1, -0.05) is 24.3 Å². The molecule has 262 valence electrons. The Kier molecular flexibility index (Phi) is 6.08. The lowest BCUT2D eigenvalue weighted by Gasteiger charge is -2.24. The van der Waals surface area contributed by atoms with Crippen LogP contribution in [0.2, 0.25) is 0 Å². The molecule has 0 atom stereocenters. The van der Waals surface area contributed by atoms with Crippen molar-refractivity contribution in [3.05, 3.63) is 42.5 Å². The van der Waals surface area contributed by atoms with Gasteiger partial charge in [0.2, 0.25) is 40.2 Å². The van der Waals surface area contributed by atoms with Gasteiger partial charge >= 0.3 is 0 Å². The van der Waals surface area contributed by atoms with Crippen LogP contribution in [0.5, 0.6) is 86.2 Å². The summed E-state index contributed by atoms with van der Waals surface area (Å²) < 4.78 is 5.89. The lowest BCUT2D eigenvalue weighted by Crippen LogP contribution is -1.96. The van der Waals surface area contributed by atoms with E-state index < -0.39 is 135 Å². The van der Waals surface area contributed by atoms with Crippen molar-refractivity contribution in [2.24, 2.45) is 0 Å². The standard InChI is InChI=1S/C36H22O16/c37-22-15-13(8-5-6-12-10(7-8)9-3-1-2-4-11(9)52-12)16-18(26(41)34(49)32(47)23(16)38)14(17(15)25(40)33(48)31(22)46)19-20-21(28(43)30(45)24(19)39)29(44)36(51)35(50)27(20)42/h1-7,37-51H. The number of hydrogen-bond acceptors (Lipinski definition) is 16. The number of fused-ring (bicyclic) bond motifs is 6. The summed E-state index contributed by atoms with van der Waals surface area (Å²) in [5, 5.41) is 161. The van der Waals surface area contributed by atoms with Crippen LogP contribution in [0.25, 0.3) is 76.5 Å². The molecule has 0 bridgehead atoms.